The van der Waals surface area contributed by atoms with E-state index < -0.39 is 0 Å². The summed E-state index contributed by atoms with van der Waals surface area (Å²) in [7, 11) is 1.69. The first kappa shape index (κ1) is 12.3. The van der Waals surface area contributed by atoms with Crippen LogP contribution in [0.5, 0.6) is 5.75 Å². The van der Waals surface area contributed by atoms with Crippen molar-refractivity contribution in [2.24, 2.45) is 5.73 Å². The molecule has 0 fully saturated rings. The number of halogens is 1. The van der Waals surface area contributed by atoms with Crippen LogP contribution in [-0.4, -0.2) is 13.7 Å². The molecule has 0 spiro atoms. The first-order chi connectivity index (χ1) is 7.11. The van der Waals surface area contributed by atoms with E-state index in [1.165, 1.54) is 5.56 Å². The van der Waals surface area contributed by atoms with Gasteiger partial charge in [0, 0.05) is 22.1 Å². The fourth-order valence-corrected chi connectivity index (χ4v) is 2.05. The maximum Gasteiger partial charge on any atom is 0.130 e. The Morgan fingerprint density at radius 3 is 2.67 bits per heavy atom. The number of rotatable bonds is 3. The van der Waals surface area contributed by atoms with Crippen molar-refractivity contribution in [2.45, 2.75) is 13.8 Å². The van der Waals surface area contributed by atoms with E-state index in [-0.39, 0.29) is 0 Å². The molecular weight excluding hydrogens is 254 g/mol. The summed E-state index contributed by atoms with van der Waals surface area (Å²) < 4.78 is 6.48. The standard InChI is InChI=1S/C12H16BrNO/c1-8-7-11(13)9(2)12(15-3)10(8)5-4-6-14/h4-5,7H,6,14H2,1-3H3/b5-4+. The molecule has 0 saturated carbocycles. The van der Waals surface area contributed by atoms with Gasteiger partial charge in [0.25, 0.3) is 0 Å². The molecule has 0 bridgehead atoms. The summed E-state index contributed by atoms with van der Waals surface area (Å²) in [5.41, 5.74) is 8.84. The number of hydrogen-bond acceptors (Lipinski definition) is 2. The van der Waals surface area contributed by atoms with E-state index in [1.54, 1.807) is 7.11 Å². The molecule has 1 aromatic rings. The molecule has 1 aromatic carbocycles. The lowest BCUT2D eigenvalue weighted by Gasteiger charge is -2.13. The van der Waals surface area contributed by atoms with E-state index >= 15 is 0 Å². The van der Waals surface area contributed by atoms with Crippen LogP contribution in [0.4, 0.5) is 0 Å². The molecule has 0 aliphatic heterocycles. The number of ether oxygens (including phenoxy) is 1. The van der Waals surface area contributed by atoms with Gasteiger partial charge in [-0.05, 0) is 25.5 Å². The van der Waals surface area contributed by atoms with Gasteiger partial charge in [-0.15, -0.1) is 0 Å². The van der Waals surface area contributed by atoms with Crippen LogP contribution in [0.25, 0.3) is 6.08 Å². The number of hydrogen-bond donors (Lipinski definition) is 1. The third-order valence-corrected chi connectivity index (χ3v) is 3.16. The number of aryl methyl sites for hydroxylation is 1. The van der Waals surface area contributed by atoms with Crippen molar-refractivity contribution >= 4 is 22.0 Å². The zero-order chi connectivity index (χ0) is 11.4. The van der Waals surface area contributed by atoms with Gasteiger partial charge in [0.2, 0.25) is 0 Å². The smallest absolute Gasteiger partial charge is 0.130 e. The van der Waals surface area contributed by atoms with Crippen LogP contribution in [0.3, 0.4) is 0 Å². The molecule has 1 rings (SSSR count). The third-order valence-electron chi connectivity index (χ3n) is 2.34. The highest BCUT2D eigenvalue weighted by Gasteiger charge is 2.10. The van der Waals surface area contributed by atoms with Gasteiger partial charge in [0.1, 0.15) is 5.75 Å². The number of methoxy groups -OCH3 is 1. The predicted octanol–water partition coefficient (Wildman–Crippen LogP) is 3.05. The first-order valence-corrected chi connectivity index (χ1v) is 5.61. The van der Waals surface area contributed by atoms with Crippen molar-refractivity contribution < 1.29 is 4.74 Å². The molecule has 0 heterocycles. The highest BCUT2D eigenvalue weighted by atomic mass is 79.9. The van der Waals surface area contributed by atoms with Crippen LogP contribution in [0.15, 0.2) is 16.6 Å². The first-order valence-electron chi connectivity index (χ1n) is 4.82. The molecule has 0 amide bonds. The fourth-order valence-electron chi connectivity index (χ4n) is 1.52. The average Bonchev–Trinajstić information content (AvgIpc) is 2.21. The van der Waals surface area contributed by atoms with Gasteiger partial charge in [0.15, 0.2) is 0 Å². The Labute approximate surface area is 99.3 Å². The van der Waals surface area contributed by atoms with Crippen LogP contribution in [0.2, 0.25) is 0 Å². The Morgan fingerprint density at radius 1 is 1.47 bits per heavy atom. The van der Waals surface area contributed by atoms with E-state index in [1.807, 2.05) is 19.1 Å². The average molecular weight is 270 g/mol. The normalized spacial score (nSPS) is 11.0. The summed E-state index contributed by atoms with van der Waals surface area (Å²) in [6.45, 7) is 4.63. The van der Waals surface area contributed by atoms with Gasteiger partial charge in [0.05, 0.1) is 7.11 Å². The molecule has 82 valence electrons. The highest BCUT2D eigenvalue weighted by Crippen LogP contribution is 2.33. The quantitative estimate of drug-likeness (QED) is 0.916. The van der Waals surface area contributed by atoms with Crippen LogP contribution >= 0.6 is 15.9 Å². The zero-order valence-corrected chi connectivity index (χ0v) is 10.9. The van der Waals surface area contributed by atoms with E-state index in [0.29, 0.717) is 6.54 Å². The van der Waals surface area contributed by atoms with Gasteiger partial charge in [-0.2, -0.15) is 0 Å². The lowest BCUT2D eigenvalue weighted by molar-refractivity contribution is 0.410. The van der Waals surface area contributed by atoms with Gasteiger partial charge < -0.3 is 10.5 Å². The Bertz CT molecular complexity index is 386. The van der Waals surface area contributed by atoms with E-state index in [0.717, 1.165) is 21.3 Å². The minimum absolute atomic E-state index is 0.539. The number of benzene rings is 1. The molecule has 2 nitrogen and oxygen atoms in total. The topological polar surface area (TPSA) is 35.2 Å². The molecule has 0 saturated heterocycles. The molecule has 0 unspecified atom stereocenters. The van der Waals surface area contributed by atoms with E-state index in [4.69, 9.17) is 10.5 Å². The van der Waals surface area contributed by atoms with Crippen molar-refractivity contribution in [2.75, 3.05) is 13.7 Å². The van der Waals surface area contributed by atoms with Crippen molar-refractivity contribution in [1.29, 1.82) is 0 Å². The third kappa shape index (κ3) is 2.61. The minimum atomic E-state index is 0.539. The van der Waals surface area contributed by atoms with Crippen LogP contribution in [0, 0.1) is 13.8 Å². The molecule has 0 aliphatic rings. The molecule has 0 atom stereocenters. The highest BCUT2D eigenvalue weighted by molar-refractivity contribution is 9.10. The van der Waals surface area contributed by atoms with E-state index in [9.17, 15) is 0 Å². The van der Waals surface area contributed by atoms with Gasteiger partial charge in [-0.3, -0.25) is 0 Å². The Kier molecular flexibility index (Phi) is 4.36. The Hall–Kier alpha value is -0.800. The Morgan fingerprint density at radius 2 is 2.13 bits per heavy atom. The summed E-state index contributed by atoms with van der Waals surface area (Å²) in [5.74, 6) is 0.909. The van der Waals surface area contributed by atoms with Crippen LogP contribution in [-0.2, 0) is 0 Å². The van der Waals surface area contributed by atoms with Crippen molar-refractivity contribution in [3.05, 3.63) is 33.3 Å². The SMILES string of the molecule is COc1c(C)c(Br)cc(C)c1/C=C/CN. The molecule has 0 radical (unpaired) electrons. The zero-order valence-electron chi connectivity index (χ0n) is 9.30. The fraction of sp³-hybridized carbons (Fsp3) is 0.333. The summed E-state index contributed by atoms with van der Waals surface area (Å²) in [6.07, 6.45) is 3.94. The molecule has 0 aliphatic carbocycles. The summed E-state index contributed by atoms with van der Waals surface area (Å²) >= 11 is 3.51. The maximum absolute atomic E-state index is 5.45. The van der Waals surface area contributed by atoms with E-state index in [2.05, 4.69) is 28.9 Å². The summed E-state index contributed by atoms with van der Waals surface area (Å²) in [5, 5.41) is 0. The maximum atomic E-state index is 5.45. The van der Waals surface area contributed by atoms with Crippen LogP contribution < -0.4 is 10.5 Å². The second-order valence-electron chi connectivity index (χ2n) is 3.39. The molecule has 15 heavy (non-hydrogen) atoms. The van der Waals surface area contributed by atoms with Crippen molar-refractivity contribution in [1.82, 2.24) is 0 Å². The second kappa shape index (κ2) is 5.33. The van der Waals surface area contributed by atoms with Crippen molar-refractivity contribution in [3.63, 3.8) is 0 Å². The largest absolute Gasteiger partial charge is 0.496 e. The Balaban J connectivity index is 3.35. The predicted molar refractivity (Wildman–Crippen MR) is 68.3 cm³/mol. The van der Waals surface area contributed by atoms with Gasteiger partial charge in [-0.1, -0.05) is 28.1 Å². The lowest BCUT2D eigenvalue weighted by Crippen LogP contribution is -1.96. The number of nitrogens with two attached hydrogens (primary N) is 1. The second-order valence-corrected chi connectivity index (χ2v) is 4.24. The lowest BCUT2D eigenvalue weighted by atomic mass is 10.0. The molecule has 2 N–H and O–H groups in total. The summed E-state index contributed by atoms with van der Waals surface area (Å²) in [4.78, 5) is 0. The van der Waals surface area contributed by atoms with Gasteiger partial charge >= 0.3 is 0 Å². The van der Waals surface area contributed by atoms with Crippen molar-refractivity contribution in [3.8, 4) is 5.75 Å². The molecular formula is C12H16BrNO. The van der Waals surface area contributed by atoms with Crippen LogP contribution in [0.1, 0.15) is 16.7 Å². The molecule has 0 aromatic heterocycles. The minimum Gasteiger partial charge on any atom is -0.496 e. The summed E-state index contributed by atoms with van der Waals surface area (Å²) in [6, 6.07) is 2.09. The molecule has 3 heteroatoms. The van der Waals surface area contributed by atoms with Gasteiger partial charge in [-0.25, -0.2) is 0 Å². The monoisotopic (exact) mass is 269 g/mol.